The molecule has 0 saturated heterocycles. The zero-order valence-corrected chi connectivity index (χ0v) is 19.5. The van der Waals surface area contributed by atoms with Crippen molar-refractivity contribution >= 4 is 34.2 Å². The summed E-state index contributed by atoms with van der Waals surface area (Å²) in [5.41, 5.74) is 6.84. The molecule has 0 atom stereocenters. The molecule has 0 fully saturated rings. The number of amides is 3. The number of primary amides is 1. The molecule has 1 aromatic heterocycles. The molecule has 7 nitrogen and oxygen atoms in total. The first kappa shape index (κ1) is 23.9. The molecular formula is C26H25F2N5O2. The quantitative estimate of drug-likeness (QED) is 0.365. The Morgan fingerprint density at radius 3 is 2.46 bits per heavy atom. The predicted molar refractivity (Wildman–Crippen MR) is 132 cm³/mol. The number of urea groups is 1. The smallest absolute Gasteiger partial charge is 0.324 e. The Morgan fingerprint density at radius 2 is 1.74 bits per heavy atom. The van der Waals surface area contributed by atoms with Gasteiger partial charge in [0, 0.05) is 17.5 Å². The van der Waals surface area contributed by atoms with E-state index in [0.717, 1.165) is 34.5 Å². The average Bonchev–Trinajstić information content (AvgIpc) is 3.20. The molecule has 0 radical (unpaired) electrons. The highest BCUT2D eigenvalue weighted by atomic mass is 19.1. The molecule has 9 heteroatoms. The Hall–Kier alpha value is -4.27. The van der Waals surface area contributed by atoms with Crippen molar-refractivity contribution in [3.8, 4) is 5.69 Å². The number of nitrogens with zero attached hydrogens (tertiary/aromatic N) is 2. The molecule has 4 N–H and O–H groups in total. The summed E-state index contributed by atoms with van der Waals surface area (Å²) < 4.78 is 29.1. The SMILES string of the molecule is CC(C)(C)c1cc(NC(=O)Nc2cc(F)ccc2F)n(-c2cc(CC(N)=O)c3ccccc3c2)n1. The molecule has 4 aromatic rings. The topological polar surface area (TPSA) is 102 Å². The van der Waals surface area contributed by atoms with E-state index < -0.39 is 23.6 Å². The van der Waals surface area contributed by atoms with Crippen LogP contribution in [0.2, 0.25) is 0 Å². The fraction of sp³-hybridized carbons (Fsp3) is 0.192. The largest absolute Gasteiger partial charge is 0.369 e. The summed E-state index contributed by atoms with van der Waals surface area (Å²) in [4.78, 5) is 24.4. The van der Waals surface area contributed by atoms with Gasteiger partial charge in [-0.2, -0.15) is 5.10 Å². The zero-order valence-electron chi connectivity index (χ0n) is 19.5. The van der Waals surface area contributed by atoms with Gasteiger partial charge in [0.05, 0.1) is 23.5 Å². The van der Waals surface area contributed by atoms with Gasteiger partial charge < -0.3 is 11.1 Å². The van der Waals surface area contributed by atoms with Gasteiger partial charge in [-0.15, -0.1) is 0 Å². The summed E-state index contributed by atoms with van der Waals surface area (Å²) in [7, 11) is 0. The second kappa shape index (κ2) is 9.17. The van der Waals surface area contributed by atoms with Gasteiger partial charge in [0.25, 0.3) is 0 Å². The number of nitrogens with one attached hydrogen (secondary N) is 2. The lowest BCUT2D eigenvalue weighted by Crippen LogP contribution is -2.22. The Bertz CT molecular complexity index is 1440. The lowest BCUT2D eigenvalue weighted by Gasteiger charge is -2.15. The van der Waals surface area contributed by atoms with Crippen LogP contribution in [0, 0.1) is 11.6 Å². The normalized spacial score (nSPS) is 11.5. The van der Waals surface area contributed by atoms with Crippen molar-refractivity contribution in [1.82, 2.24) is 9.78 Å². The van der Waals surface area contributed by atoms with Gasteiger partial charge in [0.2, 0.25) is 5.91 Å². The minimum Gasteiger partial charge on any atom is -0.369 e. The maximum Gasteiger partial charge on any atom is 0.324 e. The van der Waals surface area contributed by atoms with E-state index in [4.69, 9.17) is 10.8 Å². The van der Waals surface area contributed by atoms with Crippen LogP contribution >= 0.6 is 0 Å². The third kappa shape index (κ3) is 5.29. The van der Waals surface area contributed by atoms with E-state index in [1.807, 2.05) is 51.1 Å². The van der Waals surface area contributed by atoms with E-state index in [1.54, 1.807) is 16.8 Å². The van der Waals surface area contributed by atoms with Gasteiger partial charge in [-0.3, -0.25) is 10.1 Å². The molecule has 0 aliphatic heterocycles. The molecule has 3 aromatic carbocycles. The van der Waals surface area contributed by atoms with Crippen molar-refractivity contribution in [3.63, 3.8) is 0 Å². The predicted octanol–water partition coefficient (Wildman–Crippen LogP) is 5.27. The van der Waals surface area contributed by atoms with Crippen molar-refractivity contribution < 1.29 is 18.4 Å². The summed E-state index contributed by atoms with van der Waals surface area (Å²) in [6.45, 7) is 5.93. The fourth-order valence-electron chi connectivity index (χ4n) is 3.73. The number of carbonyl (C=O) groups is 2. The number of fused-ring (bicyclic) bond motifs is 1. The van der Waals surface area contributed by atoms with E-state index in [9.17, 15) is 18.4 Å². The van der Waals surface area contributed by atoms with Gasteiger partial charge in [-0.25, -0.2) is 18.3 Å². The molecule has 0 aliphatic carbocycles. The van der Waals surface area contributed by atoms with Crippen molar-refractivity contribution in [2.75, 3.05) is 10.6 Å². The average molecular weight is 478 g/mol. The number of aromatic nitrogens is 2. The maximum atomic E-state index is 14.0. The number of hydrogen-bond donors (Lipinski definition) is 3. The van der Waals surface area contributed by atoms with E-state index in [-0.39, 0.29) is 17.5 Å². The molecule has 0 saturated carbocycles. The molecular weight excluding hydrogens is 452 g/mol. The van der Waals surface area contributed by atoms with E-state index in [0.29, 0.717) is 17.2 Å². The number of carbonyl (C=O) groups excluding carboxylic acids is 2. The van der Waals surface area contributed by atoms with Crippen LogP contribution in [-0.2, 0) is 16.6 Å². The Labute approximate surface area is 200 Å². The summed E-state index contributed by atoms with van der Waals surface area (Å²) in [6, 6.07) is 15.0. The molecule has 0 aliphatic rings. The number of benzene rings is 3. The molecule has 1 heterocycles. The Balaban J connectivity index is 1.77. The van der Waals surface area contributed by atoms with Crippen LogP contribution in [0.4, 0.5) is 25.1 Å². The number of hydrogen-bond acceptors (Lipinski definition) is 3. The molecule has 180 valence electrons. The molecule has 4 rings (SSSR count). The standard InChI is InChI=1S/C26H25F2N5O2/c1-26(2,3)22-14-24(31-25(35)30-21-13-17(27)8-9-20(21)28)33(32-22)18-10-15-6-4-5-7-19(15)16(11-18)12-23(29)34/h4-11,13-14H,12H2,1-3H3,(H2,29,34)(H2,30,31,35). The first-order valence-electron chi connectivity index (χ1n) is 11.0. The van der Waals surface area contributed by atoms with Crippen LogP contribution in [0.3, 0.4) is 0 Å². The maximum absolute atomic E-state index is 14.0. The van der Waals surface area contributed by atoms with Gasteiger partial charge in [0.15, 0.2) is 0 Å². The Kier molecular flexibility index (Phi) is 6.26. The minimum atomic E-state index is -0.769. The first-order chi connectivity index (χ1) is 16.5. The van der Waals surface area contributed by atoms with Crippen LogP contribution < -0.4 is 16.4 Å². The van der Waals surface area contributed by atoms with Crippen LogP contribution in [0.25, 0.3) is 16.5 Å². The van der Waals surface area contributed by atoms with Crippen molar-refractivity contribution in [3.05, 3.63) is 83.6 Å². The first-order valence-corrected chi connectivity index (χ1v) is 11.0. The summed E-state index contributed by atoms with van der Waals surface area (Å²) in [5, 5.41) is 11.4. The second-order valence-corrected chi connectivity index (χ2v) is 9.25. The summed E-state index contributed by atoms with van der Waals surface area (Å²) in [5.74, 6) is -1.61. The third-order valence-electron chi connectivity index (χ3n) is 5.44. The molecule has 3 amide bonds. The Morgan fingerprint density at radius 1 is 1.00 bits per heavy atom. The van der Waals surface area contributed by atoms with Gasteiger partial charge in [0.1, 0.15) is 17.5 Å². The van der Waals surface area contributed by atoms with Crippen molar-refractivity contribution in [2.45, 2.75) is 32.6 Å². The van der Waals surface area contributed by atoms with E-state index in [1.165, 1.54) is 0 Å². The highest BCUT2D eigenvalue weighted by Crippen LogP contribution is 2.30. The monoisotopic (exact) mass is 477 g/mol. The van der Waals surface area contributed by atoms with Crippen LogP contribution in [0.1, 0.15) is 32.0 Å². The van der Waals surface area contributed by atoms with Crippen LogP contribution in [-0.4, -0.2) is 21.7 Å². The molecule has 0 unspecified atom stereocenters. The van der Waals surface area contributed by atoms with Gasteiger partial charge in [-0.05, 0) is 40.6 Å². The van der Waals surface area contributed by atoms with Crippen LogP contribution in [0.5, 0.6) is 0 Å². The lowest BCUT2D eigenvalue weighted by atomic mass is 9.92. The van der Waals surface area contributed by atoms with Gasteiger partial charge in [-0.1, -0.05) is 45.0 Å². The molecule has 0 spiro atoms. The summed E-state index contributed by atoms with van der Waals surface area (Å²) in [6.07, 6.45) is 0.0316. The molecule has 0 bridgehead atoms. The molecule has 35 heavy (non-hydrogen) atoms. The van der Waals surface area contributed by atoms with E-state index in [2.05, 4.69) is 10.6 Å². The minimum absolute atomic E-state index is 0.0316. The number of nitrogens with two attached hydrogens (primary N) is 1. The second-order valence-electron chi connectivity index (χ2n) is 9.25. The fourth-order valence-corrected chi connectivity index (χ4v) is 3.73. The van der Waals surface area contributed by atoms with Gasteiger partial charge >= 0.3 is 6.03 Å². The van der Waals surface area contributed by atoms with Crippen LogP contribution in [0.15, 0.2) is 60.7 Å². The lowest BCUT2D eigenvalue weighted by molar-refractivity contribution is -0.117. The van der Waals surface area contributed by atoms with Crippen molar-refractivity contribution in [1.29, 1.82) is 0 Å². The highest BCUT2D eigenvalue weighted by Gasteiger charge is 2.22. The van der Waals surface area contributed by atoms with E-state index >= 15 is 0 Å². The van der Waals surface area contributed by atoms with Crippen molar-refractivity contribution in [2.24, 2.45) is 5.73 Å². The number of rotatable bonds is 5. The number of halogens is 2. The zero-order chi connectivity index (χ0) is 25.3. The summed E-state index contributed by atoms with van der Waals surface area (Å²) >= 11 is 0. The third-order valence-corrected chi connectivity index (χ3v) is 5.44. The highest BCUT2D eigenvalue weighted by molar-refractivity contribution is 5.99. The number of anilines is 2.